The van der Waals surface area contributed by atoms with Gasteiger partial charge in [-0.3, -0.25) is 9.59 Å². The second kappa shape index (κ2) is 9.31. The highest BCUT2D eigenvalue weighted by Crippen LogP contribution is 2.29. The van der Waals surface area contributed by atoms with Crippen LogP contribution in [-0.4, -0.2) is 22.6 Å². The normalized spacial score (nSPS) is 10.5. The Hall–Kier alpha value is -2.23. The summed E-state index contributed by atoms with van der Waals surface area (Å²) in [5, 5.41) is 8.62. The van der Waals surface area contributed by atoms with E-state index >= 15 is 0 Å². The zero-order valence-corrected chi connectivity index (χ0v) is 17.9. The van der Waals surface area contributed by atoms with E-state index in [0.717, 1.165) is 20.1 Å². The summed E-state index contributed by atoms with van der Waals surface area (Å²) in [6, 6.07) is 11.9. The lowest BCUT2D eigenvalue weighted by Gasteiger charge is -2.08. The number of carbonyl (C=O) groups excluding carboxylic acids is 2. The number of thioether (sulfide) groups is 1. The second-order valence-corrected chi connectivity index (χ2v) is 8.48. The molecule has 0 saturated heterocycles. The van der Waals surface area contributed by atoms with Crippen molar-refractivity contribution in [2.75, 3.05) is 16.4 Å². The van der Waals surface area contributed by atoms with Crippen molar-refractivity contribution in [2.24, 2.45) is 0 Å². The molecule has 0 spiro atoms. The fourth-order valence-electron chi connectivity index (χ4n) is 2.28. The quantitative estimate of drug-likeness (QED) is 0.464. The van der Waals surface area contributed by atoms with Crippen LogP contribution in [0.25, 0.3) is 10.6 Å². The molecule has 0 bridgehead atoms. The third kappa shape index (κ3) is 5.63. The number of rotatable bonds is 6. The molecule has 5 nitrogen and oxygen atoms in total. The van der Waals surface area contributed by atoms with Crippen LogP contribution >= 0.6 is 39.0 Å². The zero-order valence-electron chi connectivity index (χ0n) is 14.7. The van der Waals surface area contributed by atoms with Crippen LogP contribution in [0, 0.1) is 5.82 Å². The van der Waals surface area contributed by atoms with Crippen LogP contribution in [0.15, 0.2) is 57.3 Å². The second-order valence-electron chi connectivity index (χ2n) is 5.71. The van der Waals surface area contributed by atoms with Gasteiger partial charge in [0.1, 0.15) is 15.9 Å². The smallest absolute Gasteiger partial charge is 0.234 e. The Morgan fingerprint density at radius 2 is 1.93 bits per heavy atom. The molecular formula is C19H15BrFN3O2S2. The summed E-state index contributed by atoms with van der Waals surface area (Å²) in [6.07, 6.45) is 0. The van der Waals surface area contributed by atoms with Crippen molar-refractivity contribution in [1.82, 2.24) is 4.98 Å². The maximum atomic E-state index is 13.7. The largest absolute Gasteiger partial charge is 0.325 e. The monoisotopic (exact) mass is 479 g/mol. The molecule has 0 fully saturated rings. The molecule has 2 N–H and O–H groups in total. The average molecular weight is 480 g/mol. The van der Waals surface area contributed by atoms with E-state index in [-0.39, 0.29) is 23.3 Å². The molecule has 3 rings (SSSR count). The van der Waals surface area contributed by atoms with Crippen LogP contribution in [0.5, 0.6) is 0 Å². The van der Waals surface area contributed by atoms with Gasteiger partial charge in [-0.25, -0.2) is 9.37 Å². The fraction of sp³-hybridized carbons (Fsp3) is 0.105. The molecule has 3 aromatic rings. The maximum Gasteiger partial charge on any atom is 0.234 e. The fourth-order valence-corrected chi connectivity index (χ4v) is 4.21. The van der Waals surface area contributed by atoms with E-state index in [1.807, 2.05) is 29.6 Å². The third-order valence-corrected chi connectivity index (χ3v) is 5.97. The van der Waals surface area contributed by atoms with E-state index < -0.39 is 5.82 Å². The summed E-state index contributed by atoms with van der Waals surface area (Å²) in [5.41, 5.74) is 1.45. The van der Waals surface area contributed by atoms with Gasteiger partial charge in [-0.2, -0.15) is 0 Å². The lowest BCUT2D eigenvalue weighted by Crippen LogP contribution is -2.15. The number of carbonyl (C=O) groups is 2. The van der Waals surface area contributed by atoms with Gasteiger partial charge < -0.3 is 10.6 Å². The maximum absolute atomic E-state index is 13.7. The highest BCUT2D eigenvalue weighted by atomic mass is 79.9. The van der Waals surface area contributed by atoms with E-state index in [4.69, 9.17) is 0 Å². The number of halogens is 2. The van der Waals surface area contributed by atoms with Crippen LogP contribution < -0.4 is 10.6 Å². The number of thiazole rings is 1. The predicted molar refractivity (Wildman–Crippen MR) is 115 cm³/mol. The molecule has 1 heterocycles. The minimum atomic E-state index is -0.564. The summed E-state index contributed by atoms with van der Waals surface area (Å²) >= 11 is 6.24. The molecule has 144 valence electrons. The Morgan fingerprint density at radius 3 is 2.64 bits per heavy atom. The van der Waals surface area contributed by atoms with Crippen LogP contribution in [0.4, 0.5) is 15.8 Å². The minimum Gasteiger partial charge on any atom is -0.325 e. The Bertz CT molecular complexity index is 1010. The third-order valence-electron chi connectivity index (χ3n) is 3.49. The number of nitrogens with zero attached hydrogens (tertiary/aromatic N) is 1. The van der Waals surface area contributed by atoms with Gasteiger partial charge in [0.2, 0.25) is 11.8 Å². The van der Waals surface area contributed by atoms with Crippen molar-refractivity contribution >= 4 is 62.2 Å². The summed E-state index contributed by atoms with van der Waals surface area (Å²) in [4.78, 5) is 27.8. The van der Waals surface area contributed by atoms with Crippen molar-refractivity contribution in [2.45, 2.75) is 11.9 Å². The summed E-state index contributed by atoms with van der Waals surface area (Å²) in [6.45, 7) is 1.29. The minimum absolute atomic E-state index is 0.0246. The van der Waals surface area contributed by atoms with Gasteiger partial charge in [0.15, 0.2) is 0 Å². The van der Waals surface area contributed by atoms with Gasteiger partial charge in [0, 0.05) is 28.0 Å². The highest BCUT2D eigenvalue weighted by molar-refractivity contribution is 9.10. The van der Waals surface area contributed by atoms with E-state index in [2.05, 4.69) is 31.5 Å². The average Bonchev–Trinajstić information content (AvgIpc) is 3.12. The number of hydrogen-bond acceptors (Lipinski definition) is 5. The number of nitrogens with one attached hydrogen (secondary N) is 2. The number of anilines is 2. The van der Waals surface area contributed by atoms with Crippen molar-refractivity contribution in [3.05, 3.63) is 58.1 Å². The first-order valence-corrected chi connectivity index (χ1v) is 10.8. The number of amides is 2. The first kappa shape index (κ1) is 20.5. The SMILES string of the molecule is CC(=O)Nc1cc(NC(=O)CSc2csc(-c3ccc(Br)cc3)n2)ccc1F. The molecule has 2 aromatic carbocycles. The topological polar surface area (TPSA) is 71.1 Å². The zero-order chi connectivity index (χ0) is 20.1. The first-order valence-electron chi connectivity index (χ1n) is 8.12. The summed E-state index contributed by atoms with van der Waals surface area (Å²) in [5.74, 6) is -1.03. The standard InChI is InChI=1S/C19H15BrFN3O2S2/c1-11(25)22-16-8-14(6-7-15(16)21)23-17(26)9-27-18-10-28-19(24-18)12-2-4-13(20)5-3-12/h2-8,10H,9H2,1H3,(H,22,25)(H,23,26). The van der Waals surface area contributed by atoms with Gasteiger partial charge in [-0.1, -0.05) is 39.8 Å². The van der Waals surface area contributed by atoms with E-state index in [0.29, 0.717) is 5.69 Å². The molecule has 1 aromatic heterocycles. The molecule has 0 atom stereocenters. The molecule has 0 unspecified atom stereocenters. The molecule has 2 amide bonds. The molecule has 0 aliphatic carbocycles. The Kier molecular flexibility index (Phi) is 6.82. The Morgan fingerprint density at radius 1 is 1.18 bits per heavy atom. The van der Waals surface area contributed by atoms with Gasteiger partial charge in [0.25, 0.3) is 0 Å². The lowest BCUT2D eigenvalue weighted by atomic mass is 10.2. The van der Waals surface area contributed by atoms with Crippen LogP contribution in [0.2, 0.25) is 0 Å². The predicted octanol–water partition coefficient (Wildman–Crippen LogP) is 5.40. The number of aromatic nitrogens is 1. The van der Waals surface area contributed by atoms with Gasteiger partial charge in [-0.15, -0.1) is 11.3 Å². The van der Waals surface area contributed by atoms with Gasteiger partial charge in [-0.05, 0) is 30.3 Å². The molecule has 0 saturated carbocycles. The Labute approximate surface area is 177 Å². The van der Waals surface area contributed by atoms with Crippen LogP contribution in [0.1, 0.15) is 6.92 Å². The molecular weight excluding hydrogens is 465 g/mol. The van der Waals surface area contributed by atoms with Gasteiger partial charge in [0.05, 0.1) is 11.4 Å². The Balaban J connectivity index is 1.57. The van der Waals surface area contributed by atoms with Crippen LogP contribution in [-0.2, 0) is 9.59 Å². The molecule has 0 radical (unpaired) electrons. The molecule has 0 aliphatic rings. The summed E-state index contributed by atoms with van der Waals surface area (Å²) in [7, 11) is 0. The van der Waals surface area contributed by atoms with E-state index in [1.54, 1.807) is 0 Å². The van der Waals surface area contributed by atoms with E-state index in [1.165, 1.54) is 48.2 Å². The van der Waals surface area contributed by atoms with Crippen molar-refractivity contribution < 1.29 is 14.0 Å². The van der Waals surface area contributed by atoms with E-state index in [9.17, 15) is 14.0 Å². The number of hydrogen-bond donors (Lipinski definition) is 2. The first-order chi connectivity index (χ1) is 13.4. The van der Waals surface area contributed by atoms with Gasteiger partial charge >= 0.3 is 0 Å². The molecule has 0 aliphatic heterocycles. The van der Waals surface area contributed by atoms with Crippen molar-refractivity contribution in [3.8, 4) is 10.6 Å². The summed E-state index contributed by atoms with van der Waals surface area (Å²) < 4.78 is 14.7. The molecule has 28 heavy (non-hydrogen) atoms. The highest BCUT2D eigenvalue weighted by Gasteiger charge is 2.10. The van der Waals surface area contributed by atoms with Crippen molar-refractivity contribution in [1.29, 1.82) is 0 Å². The number of benzene rings is 2. The van der Waals surface area contributed by atoms with Crippen LogP contribution in [0.3, 0.4) is 0 Å². The molecule has 9 heteroatoms. The van der Waals surface area contributed by atoms with Crippen molar-refractivity contribution in [3.63, 3.8) is 0 Å². The lowest BCUT2D eigenvalue weighted by molar-refractivity contribution is -0.114.